The number of nitrogens with one attached hydrogen (secondary N) is 1. The van der Waals surface area contributed by atoms with Gasteiger partial charge in [0.15, 0.2) is 0 Å². The summed E-state index contributed by atoms with van der Waals surface area (Å²) in [6.45, 7) is 3.07. The smallest absolute Gasteiger partial charge is 0.241 e. The number of ether oxygens (including phenoxy) is 1. The zero-order valence-electron chi connectivity index (χ0n) is 13.8. The lowest BCUT2D eigenvalue weighted by atomic mass is 9.87. The molecule has 0 aromatic heterocycles. The third kappa shape index (κ3) is 1.48. The minimum absolute atomic E-state index is 0.162. The molecule has 5 rings (SSSR count). The van der Waals surface area contributed by atoms with Crippen LogP contribution < -0.4 is 4.90 Å². The van der Waals surface area contributed by atoms with Gasteiger partial charge in [-0.05, 0) is 25.0 Å². The van der Waals surface area contributed by atoms with E-state index in [-0.39, 0.29) is 16.9 Å². The molecule has 5 heteroatoms. The first-order chi connectivity index (χ1) is 11.7. The number of anilines is 1. The van der Waals surface area contributed by atoms with Gasteiger partial charge in [0.1, 0.15) is 5.84 Å². The third-order valence-electron chi connectivity index (χ3n) is 6.70. The van der Waals surface area contributed by atoms with Crippen molar-refractivity contribution >= 4 is 17.4 Å². The predicted octanol–water partition coefficient (Wildman–Crippen LogP) is 2.27. The second kappa shape index (κ2) is 4.90. The van der Waals surface area contributed by atoms with Gasteiger partial charge in [-0.15, -0.1) is 0 Å². The van der Waals surface area contributed by atoms with E-state index >= 15 is 0 Å². The molecule has 24 heavy (non-hydrogen) atoms. The number of amidine groups is 1. The van der Waals surface area contributed by atoms with Crippen LogP contribution in [0.25, 0.3) is 0 Å². The van der Waals surface area contributed by atoms with Gasteiger partial charge in [-0.25, -0.2) is 0 Å². The van der Waals surface area contributed by atoms with Crippen LogP contribution in [0.1, 0.15) is 25.7 Å². The van der Waals surface area contributed by atoms with Crippen molar-refractivity contribution < 1.29 is 9.53 Å². The summed E-state index contributed by atoms with van der Waals surface area (Å²) in [6.07, 6.45) is 4.29. The molecule has 2 saturated carbocycles. The first-order valence-electron chi connectivity index (χ1n) is 9.06. The number of carbonyl (C=O) groups excluding carboxylic acids is 1. The zero-order chi connectivity index (χ0) is 16.4. The van der Waals surface area contributed by atoms with Crippen molar-refractivity contribution in [1.82, 2.24) is 4.90 Å². The lowest BCUT2D eigenvalue weighted by molar-refractivity contribution is -0.124. The topological polar surface area (TPSA) is 56.6 Å². The molecule has 5 nitrogen and oxygen atoms in total. The molecule has 1 N–H and O–H groups in total. The van der Waals surface area contributed by atoms with Gasteiger partial charge in [0.25, 0.3) is 0 Å². The van der Waals surface area contributed by atoms with Gasteiger partial charge in [-0.1, -0.05) is 31.0 Å². The normalized spacial score (nSPS) is 38.8. The summed E-state index contributed by atoms with van der Waals surface area (Å²) in [6, 6.07) is 9.72. The van der Waals surface area contributed by atoms with E-state index in [1.807, 2.05) is 30.3 Å². The van der Waals surface area contributed by atoms with E-state index < -0.39 is 0 Å². The van der Waals surface area contributed by atoms with Crippen LogP contribution in [-0.4, -0.2) is 48.5 Å². The summed E-state index contributed by atoms with van der Waals surface area (Å²) in [5.74, 6) is 0.999. The molecule has 3 atom stereocenters. The van der Waals surface area contributed by atoms with Crippen molar-refractivity contribution in [3.63, 3.8) is 0 Å². The molecule has 2 aliphatic heterocycles. The van der Waals surface area contributed by atoms with Gasteiger partial charge in [0.2, 0.25) is 5.91 Å². The van der Waals surface area contributed by atoms with Gasteiger partial charge in [-0.2, -0.15) is 0 Å². The lowest BCUT2D eigenvalue weighted by Gasteiger charge is -2.36. The summed E-state index contributed by atoms with van der Waals surface area (Å²) in [5.41, 5.74) is 0.112. The quantitative estimate of drug-likeness (QED) is 0.907. The van der Waals surface area contributed by atoms with Crippen molar-refractivity contribution in [2.45, 2.75) is 31.2 Å². The van der Waals surface area contributed by atoms with E-state index in [1.54, 1.807) is 4.90 Å². The van der Waals surface area contributed by atoms with E-state index in [9.17, 15) is 4.79 Å². The fourth-order valence-electron chi connectivity index (χ4n) is 5.83. The van der Waals surface area contributed by atoms with Crippen LogP contribution in [0.3, 0.4) is 0 Å². The van der Waals surface area contributed by atoms with Crippen molar-refractivity contribution in [2.24, 2.45) is 11.3 Å². The Labute approximate surface area is 142 Å². The zero-order valence-corrected chi connectivity index (χ0v) is 13.8. The number of nitrogens with zero attached hydrogens (tertiary/aromatic N) is 2. The van der Waals surface area contributed by atoms with Gasteiger partial charge in [-0.3, -0.25) is 20.0 Å². The molecule has 0 bridgehead atoms. The Balaban J connectivity index is 1.61. The van der Waals surface area contributed by atoms with Crippen LogP contribution in [0.2, 0.25) is 0 Å². The Morgan fingerprint density at radius 3 is 2.62 bits per heavy atom. The molecule has 2 aliphatic carbocycles. The number of carbonyl (C=O) groups is 1. The molecule has 2 saturated heterocycles. The van der Waals surface area contributed by atoms with E-state index in [0.717, 1.165) is 38.0 Å². The molecule has 1 aromatic rings. The van der Waals surface area contributed by atoms with Gasteiger partial charge < -0.3 is 4.74 Å². The maximum atomic E-state index is 13.5. The largest absolute Gasteiger partial charge is 0.379 e. The Morgan fingerprint density at radius 1 is 1.12 bits per heavy atom. The average molecular weight is 325 g/mol. The molecule has 0 unspecified atom stereocenters. The van der Waals surface area contributed by atoms with Crippen molar-refractivity contribution in [3.8, 4) is 0 Å². The van der Waals surface area contributed by atoms with Gasteiger partial charge in [0.05, 0.1) is 29.9 Å². The van der Waals surface area contributed by atoms with Gasteiger partial charge in [0, 0.05) is 19.0 Å². The first kappa shape index (κ1) is 14.6. The summed E-state index contributed by atoms with van der Waals surface area (Å²) in [4.78, 5) is 17.6. The van der Waals surface area contributed by atoms with Crippen LogP contribution in [0.15, 0.2) is 30.3 Å². The highest BCUT2D eigenvalue weighted by atomic mass is 16.5. The number of hydrogen-bond acceptors (Lipinski definition) is 4. The van der Waals surface area contributed by atoms with Crippen molar-refractivity contribution in [3.05, 3.63) is 30.3 Å². The highest BCUT2D eigenvalue weighted by molar-refractivity contribution is 6.32. The number of hydrogen-bond donors (Lipinski definition) is 1. The highest BCUT2D eigenvalue weighted by Gasteiger charge is 2.89. The summed E-state index contributed by atoms with van der Waals surface area (Å²) < 4.78 is 5.54. The van der Waals surface area contributed by atoms with E-state index in [2.05, 4.69) is 4.90 Å². The molecule has 1 spiro atoms. The molecular weight excluding hydrogens is 302 g/mol. The SMILES string of the molecule is N=C1N(c2ccccc2)C(=O)[C@]23CCCC[C@H]2[C@]13N1CCOCC1. The fourth-order valence-corrected chi connectivity index (χ4v) is 5.83. The number of amides is 1. The fraction of sp³-hybridized carbons (Fsp3) is 0.579. The average Bonchev–Trinajstić information content (AvgIpc) is 3.23. The summed E-state index contributed by atoms with van der Waals surface area (Å²) >= 11 is 0. The van der Waals surface area contributed by atoms with E-state index in [4.69, 9.17) is 10.1 Å². The maximum absolute atomic E-state index is 13.5. The molecule has 2 heterocycles. The van der Waals surface area contributed by atoms with Crippen LogP contribution in [-0.2, 0) is 9.53 Å². The Kier molecular flexibility index (Phi) is 2.98. The molecule has 0 radical (unpaired) electrons. The molecule has 1 aromatic carbocycles. The first-order valence-corrected chi connectivity index (χ1v) is 9.06. The standard InChI is InChI=1S/C19H23N3O2/c20-16-19(21-10-12-24-13-11-21)15-8-4-5-9-18(15,19)17(23)22(16)14-6-2-1-3-7-14/h1-3,6-7,15,20H,4-5,8-13H2/t15-,18+,19+/m1/s1. The number of para-hydroxylation sites is 1. The summed E-state index contributed by atoms with van der Waals surface area (Å²) in [5, 5.41) is 9.02. The molecular formula is C19H23N3O2. The lowest BCUT2D eigenvalue weighted by Crippen LogP contribution is -2.53. The Morgan fingerprint density at radius 2 is 1.88 bits per heavy atom. The molecule has 126 valence electrons. The monoisotopic (exact) mass is 325 g/mol. The second-order valence-corrected chi connectivity index (χ2v) is 7.46. The molecule has 4 fully saturated rings. The number of piperidine rings is 1. The van der Waals surface area contributed by atoms with Crippen LogP contribution in [0.5, 0.6) is 0 Å². The molecule has 1 amide bonds. The van der Waals surface area contributed by atoms with E-state index in [0.29, 0.717) is 25.0 Å². The minimum atomic E-state index is -0.375. The van der Waals surface area contributed by atoms with Crippen LogP contribution in [0.4, 0.5) is 5.69 Å². The third-order valence-corrected chi connectivity index (χ3v) is 6.70. The van der Waals surface area contributed by atoms with E-state index in [1.165, 1.54) is 6.42 Å². The van der Waals surface area contributed by atoms with Crippen molar-refractivity contribution in [2.75, 3.05) is 31.2 Å². The Hall–Kier alpha value is -1.72. The second-order valence-electron chi connectivity index (χ2n) is 7.46. The highest BCUT2D eigenvalue weighted by Crippen LogP contribution is 2.76. The molecule has 4 aliphatic rings. The van der Waals surface area contributed by atoms with Crippen LogP contribution in [0, 0.1) is 16.7 Å². The minimum Gasteiger partial charge on any atom is -0.379 e. The Bertz CT molecular complexity index is 700. The number of fused-ring (bicyclic) bond motifs is 1. The number of rotatable bonds is 2. The van der Waals surface area contributed by atoms with Gasteiger partial charge >= 0.3 is 0 Å². The van der Waals surface area contributed by atoms with Crippen LogP contribution >= 0.6 is 0 Å². The predicted molar refractivity (Wildman–Crippen MR) is 91.2 cm³/mol. The summed E-state index contributed by atoms with van der Waals surface area (Å²) in [7, 11) is 0. The number of morpholine rings is 1. The number of benzene rings is 1. The van der Waals surface area contributed by atoms with Crippen molar-refractivity contribution in [1.29, 1.82) is 5.41 Å². The maximum Gasteiger partial charge on any atom is 0.241 e.